The predicted octanol–water partition coefficient (Wildman–Crippen LogP) is 4.14. The molecule has 0 aromatic carbocycles. The first-order valence-electron chi connectivity index (χ1n) is 9.54. The van der Waals surface area contributed by atoms with Gasteiger partial charge in [0.1, 0.15) is 0 Å². The molecule has 0 radical (unpaired) electrons. The van der Waals surface area contributed by atoms with Gasteiger partial charge < -0.3 is 15.1 Å². The molecule has 0 saturated heterocycles. The molecule has 1 unspecified atom stereocenters. The number of amides is 2. The highest BCUT2D eigenvalue weighted by molar-refractivity contribution is 7.18. The van der Waals surface area contributed by atoms with Crippen molar-refractivity contribution in [2.45, 2.75) is 32.9 Å². The van der Waals surface area contributed by atoms with Gasteiger partial charge in [0.15, 0.2) is 5.76 Å². The van der Waals surface area contributed by atoms with Crippen molar-refractivity contribution in [3.8, 4) is 0 Å². The first-order chi connectivity index (χ1) is 14.0. The minimum Gasteiger partial charge on any atom is -0.459 e. The first-order valence-corrected chi connectivity index (χ1v) is 11.2. The molecule has 4 heterocycles. The van der Waals surface area contributed by atoms with E-state index in [2.05, 4.69) is 33.9 Å². The van der Waals surface area contributed by atoms with E-state index in [1.54, 1.807) is 12.1 Å². The van der Waals surface area contributed by atoms with E-state index < -0.39 is 0 Å². The number of carbonyl (C=O) groups is 2. The fraction of sp³-hybridized carbons (Fsp3) is 0.333. The zero-order valence-corrected chi connectivity index (χ0v) is 18.0. The fourth-order valence-electron chi connectivity index (χ4n) is 3.45. The molecule has 0 bridgehead atoms. The number of fused-ring (bicyclic) bond motifs is 1. The summed E-state index contributed by atoms with van der Waals surface area (Å²) in [6.07, 6.45) is 2.53. The average molecular weight is 430 g/mol. The number of anilines is 1. The molecule has 0 fully saturated rings. The van der Waals surface area contributed by atoms with Gasteiger partial charge in [-0.1, -0.05) is 0 Å². The molecule has 3 aromatic rings. The van der Waals surface area contributed by atoms with E-state index in [0.717, 1.165) is 25.1 Å². The summed E-state index contributed by atoms with van der Waals surface area (Å²) in [6, 6.07) is 7.53. The van der Waals surface area contributed by atoms with Crippen LogP contribution in [-0.4, -0.2) is 35.8 Å². The Morgan fingerprint density at radius 3 is 2.97 bits per heavy atom. The van der Waals surface area contributed by atoms with E-state index in [1.807, 2.05) is 24.3 Å². The monoisotopic (exact) mass is 429 g/mol. The molecule has 8 heteroatoms. The van der Waals surface area contributed by atoms with Gasteiger partial charge in [0.05, 0.1) is 16.1 Å². The minimum absolute atomic E-state index is 0.105. The molecule has 3 aromatic heterocycles. The van der Waals surface area contributed by atoms with Gasteiger partial charge in [-0.3, -0.25) is 14.5 Å². The van der Waals surface area contributed by atoms with Gasteiger partial charge in [0, 0.05) is 30.6 Å². The van der Waals surface area contributed by atoms with Gasteiger partial charge in [-0.05, 0) is 61.0 Å². The van der Waals surface area contributed by atoms with Crippen molar-refractivity contribution in [1.29, 1.82) is 0 Å². The zero-order chi connectivity index (χ0) is 20.4. The summed E-state index contributed by atoms with van der Waals surface area (Å²) in [7, 11) is 0. The molecular formula is C21H23N3O3S2. The van der Waals surface area contributed by atoms with Crippen LogP contribution in [0.2, 0.25) is 0 Å². The third-order valence-corrected chi connectivity index (χ3v) is 7.30. The van der Waals surface area contributed by atoms with Crippen LogP contribution in [0.5, 0.6) is 0 Å². The van der Waals surface area contributed by atoms with Gasteiger partial charge in [0.25, 0.3) is 11.8 Å². The largest absolute Gasteiger partial charge is 0.459 e. The van der Waals surface area contributed by atoms with Crippen molar-refractivity contribution >= 4 is 39.5 Å². The smallest absolute Gasteiger partial charge is 0.291 e. The molecular weight excluding hydrogens is 406 g/mol. The summed E-state index contributed by atoms with van der Waals surface area (Å²) in [4.78, 5) is 29.3. The van der Waals surface area contributed by atoms with Crippen LogP contribution in [0.1, 0.15) is 43.2 Å². The molecule has 0 saturated carbocycles. The Balaban J connectivity index is 1.33. The van der Waals surface area contributed by atoms with Crippen molar-refractivity contribution in [3.05, 3.63) is 62.6 Å². The molecule has 4 rings (SSSR count). The van der Waals surface area contributed by atoms with Gasteiger partial charge in [-0.15, -0.1) is 22.7 Å². The summed E-state index contributed by atoms with van der Waals surface area (Å²) >= 11 is 3.11. The highest BCUT2D eigenvalue weighted by Crippen LogP contribution is 2.28. The number of hydrogen-bond acceptors (Lipinski definition) is 6. The Morgan fingerprint density at radius 2 is 2.17 bits per heavy atom. The van der Waals surface area contributed by atoms with Crippen molar-refractivity contribution in [3.63, 3.8) is 0 Å². The molecule has 152 valence electrons. The quantitative estimate of drug-likeness (QED) is 0.618. The SMILES string of the molecule is Cc1cc(NC(=O)c2ccco2)sc1C(=O)NCC(C)N1CCc2sccc2C1. The number of aryl methyl sites for hydroxylation is 1. The Kier molecular flexibility index (Phi) is 5.84. The maximum Gasteiger partial charge on any atom is 0.291 e. The summed E-state index contributed by atoms with van der Waals surface area (Å²) in [5.41, 5.74) is 2.25. The lowest BCUT2D eigenvalue weighted by Gasteiger charge is -2.32. The lowest BCUT2D eigenvalue weighted by molar-refractivity contribution is 0.0935. The standard InChI is InChI=1S/C21H23N3O3S2/c1-13-10-18(23-20(25)16-4-3-8-27-16)29-19(13)21(26)22-11-14(2)24-7-5-17-15(12-24)6-9-28-17/h3-4,6,8-10,14H,5,7,11-12H2,1-2H3,(H,22,26)(H,23,25). The Bertz CT molecular complexity index is 1010. The molecule has 1 aliphatic rings. The Morgan fingerprint density at radius 1 is 1.31 bits per heavy atom. The summed E-state index contributed by atoms with van der Waals surface area (Å²) in [5, 5.41) is 8.62. The number of thiophene rings is 2. The van der Waals surface area contributed by atoms with E-state index in [0.29, 0.717) is 16.4 Å². The number of nitrogens with one attached hydrogen (secondary N) is 2. The van der Waals surface area contributed by atoms with E-state index in [-0.39, 0.29) is 23.6 Å². The second kappa shape index (κ2) is 8.52. The molecule has 2 amide bonds. The number of rotatable bonds is 6. The average Bonchev–Trinajstić information content (AvgIpc) is 3.45. The van der Waals surface area contributed by atoms with Crippen LogP contribution in [0.4, 0.5) is 5.00 Å². The number of furan rings is 1. The molecule has 2 N–H and O–H groups in total. The number of nitrogens with zero attached hydrogens (tertiary/aromatic N) is 1. The lowest BCUT2D eigenvalue weighted by Crippen LogP contribution is -2.44. The fourth-order valence-corrected chi connectivity index (χ4v) is 5.32. The van der Waals surface area contributed by atoms with Crippen molar-refractivity contribution in [2.75, 3.05) is 18.4 Å². The summed E-state index contributed by atoms with van der Waals surface area (Å²) in [6.45, 7) is 6.57. The third-order valence-electron chi connectivity index (χ3n) is 5.12. The number of carbonyl (C=O) groups excluding carboxylic acids is 2. The predicted molar refractivity (Wildman–Crippen MR) is 116 cm³/mol. The van der Waals surface area contributed by atoms with Gasteiger partial charge >= 0.3 is 0 Å². The van der Waals surface area contributed by atoms with Crippen LogP contribution in [0.15, 0.2) is 40.3 Å². The van der Waals surface area contributed by atoms with Crippen molar-refractivity contribution < 1.29 is 14.0 Å². The van der Waals surface area contributed by atoms with E-state index in [1.165, 1.54) is 28.0 Å². The highest BCUT2D eigenvalue weighted by atomic mass is 32.1. The van der Waals surface area contributed by atoms with E-state index in [4.69, 9.17) is 4.42 Å². The second-order valence-corrected chi connectivity index (χ2v) is 9.26. The summed E-state index contributed by atoms with van der Waals surface area (Å²) in [5.74, 6) is -0.188. The second-order valence-electron chi connectivity index (χ2n) is 7.20. The maximum atomic E-state index is 12.7. The first kappa shape index (κ1) is 19.9. The molecule has 0 aliphatic carbocycles. The van der Waals surface area contributed by atoms with Gasteiger partial charge in [-0.2, -0.15) is 0 Å². The molecule has 6 nitrogen and oxygen atoms in total. The van der Waals surface area contributed by atoms with E-state index >= 15 is 0 Å². The topological polar surface area (TPSA) is 74.6 Å². The molecule has 1 atom stereocenters. The van der Waals surface area contributed by atoms with Crippen LogP contribution in [0, 0.1) is 6.92 Å². The molecule has 0 spiro atoms. The van der Waals surface area contributed by atoms with Crippen LogP contribution in [-0.2, 0) is 13.0 Å². The Labute approximate surface area is 177 Å². The van der Waals surface area contributed by atoms with Gasteiger partial charge in [-0.25, -0.2) is 0 Å². The van der Waals surface area contributed by atoms with Crippen LogP contribution in [0.3, 0.4) is 0 Å². The third kappa shape index (κ3) is 4.44. The zero-order valence-electron chi connectivity index (χ0n) is 16.4. The molecule has 1 aliphatic heterocycles. The lowest BCUT2D eigenvalue weighted by atomic mass is 10.1. The van der Waals surface area contributed by atoms with Crippen LogP contribution >= 0.6 is 22.7 Å². The normalized spacial score (nSPS) is 15.0. The van der Waals surface area contributed by atoms with Crippen molar-refractivity contribution in [2.24, 2.45) is 0 Å². The molecule has 29 heavy (non-hydrogen) atoms. The van der Waals surface area contributed by atoms with Crippen molar-refractivity contribution in [1.82, 2.24) is 10.2 Å². The van der Waals surface area contributed by atoms with E-state index in [9.17, 15) is 9.59 Å². The highest BCUT2D eigenvalue weighted by Gasteiger charge is 2.23. The van der Waals surface area contributed by atoms with Crippen LogP contribution in [0.25, 0.3) is 0 Å². The summed E-state index contributed by atoms with van der Waals surface area (Å²) < 4.78 is 5.10. The van der Waals surface area contributed by atoms with Gasteiger partial charge in [0.2, 0.25) is 0 Å². The maximum absolute atomic E-state index is 12.7. The number of hydrogen-bond donors (Lipinski definition) is 2. The Hall–Kier alpha value is -2.42. The van der Waals surface area contributed by atoms with Crippen LogP contribution < -0.4 is 10.6 Å². The minimum atomic E-state index is -0.324.